The van der Waals surface area contributed by atoms with E-state index >= 15 is 0 Å². The van der Waals surface area contributed by atoms with E-state index in [9.17, 15) is 9.59 Å². The maximum atomic E-state index is 12.8. The van der Waals surface area contributed by atoms with Gasteiger partial charge in [0.05, 0.1) is 24.1 Å². The fourth-order valence-corrected chi connectivity index (χ4v) is 3.64. The highest BCUT2D eigenvalue weighted by atomic mass is 16.2. The van der Waals surface area contributed by atoms with E-state index in [1.165, 1.54) is 6.42 Å². The number of nitrogens with two attached hydrogens (primary N) is 1. The summed E-state index contributed by atoms with van der Waals surface area (Å²) in [7, 11) is 0. The summed E-state index contributed by atoms with van der Waals surface area (Å²) >= 11 is 0. The average Bonchev–Trinajstić information content (AvgIpc) is 3.23. The molecule has 1 aliphatic rings. The summed E-state index contributed by atoms with van der Waals surface area (Å²) in [4.78, 5) is 26.7. The minimum Gasteiger partial charge on any atom is -0.370 e. The molecule has 1 aromatic heterocycles. The third kappa shape index (κ3) is 4.48. The van der Waals surface area contributed by atoms with Gasteiger partial charge in [-0.15, -0.1) is 5.10 Å². The number of nitrogens with zero attached hydrogens (tertiary/aromatic N) is 4. The van der Waals surface area contributed by atoms with E-state index in [1.54, 1.807) is 23.0 Å². The van der Waals surface area contributed by atoms with Crippen molar-refractivity contribution < 1.29 is 9.59 Å². The molecular formula is C22H24N6O2. The topological polar surface area (TPSA) is 106 Å². The van der Waals surface area contributed by atoms with Gasteiger partial charge in [-0.1, -0.05) is 35.5 Å². The number of nitrogens with one attached hydrogen (secondary N) is 1. The number of benzene rings is 2. The largest absolute Gasteiger partial charge is 0.370 e. The third-order valence-corrected chi connectivity index (χ3v) is 5.18. The molecule has 0 radical (unpaired) electrons. The highest BCUT2D eigenvalue weighted by Crippen LogP contribution is 2.30. The van der Waals surface area contributed by atoms with Crippen molar-refractivity contribution in [2.75, 3.05) is 23.3 Å². The van der Waals surface area contributed by atoms with Crippen LogP contribution < -0.4 is 16.0 Å². The highest BCUT2D eigenvalue weighted by molar-refractivity contribution is 6.05. The second-order valence-corrected chi connectivity index (χ2v) is 7.38. The van der Waals surface area contributed by atoms with Crippen molar-refractivity contribution in [1.82, 2.24) is 15.0 Å². The lowest BCUT2D eigenvalue weighted by Crippen LogP contribution is -2.30. The average molecular weight is 404 g/mol. The van der Waals surface area contributed by atoms with Crippen LogP contribution >= 0.6 is 0 Å². The highest BCUT2D eigenvalue weighted by Gasteiger charge is 2.19. The maximum Gasteiger partial charge on any atom is 0.277 e. The van der Waals surface area contributed by atoms with Gasteiger partial charge in [0.2, 0.25) is 5.91 Å². The van der Waals surface area contributed by atoms with E-state index in [0.717, 1.165) is 37.2 Å². The number of aromatic nitrogens is 3. The SMILES string of the molecule is NC(=O)c1ccc(N2CCCCC2)c(NC(=O)c2cn(Cc3ccccc3)nn2)c1. The Labute approximate surface area is 174 Å². The Hall–Kier alpha value is -3.68. The molecule has 2 amide bonds. The molecule has 4 rings (SSSR count). The van der Waals surface area contributed by atoms with Crippen molar-refractivity contribution in [3.8, 4) is 0 Å². The quantitative estimate of drug-likeness (QED) is 0.657. The Balaban J connectivity index is 1.54. The molecule has 0 spiro atoms. The molecule has 0 unspecified atom stereocenters. The first kappa shape index (κ1) is 19.6. The van der Waals surface area contributed by atoms with Gasteiger partial charge in [-0.2, -0.15) is 0 Å². The smallest absolute Gasteiger partial charge is 0.277 e. The first-order valence-corrected chi connectivity index (χ1v) is 10.0. The summed E-state index contributed by atoms with van der Waals surface area (Å²) in [6.45, 7) is 2.34. The van der Waals surface area contributed by atoms with Crippen LogP contribution in [0.3, 0.4) is 0 Å². The number of anilines is 2. The Morgan fingerprint density at radius 2 is 1.80 bits per heavy atom. The number of piperidine rings is 1. The van der Waals surface area contributed by atoms with Gasteiger partial charge in [-0.05, 0) is 43.0 Å². The van der Waals surface area contributed by atoms with Gasteiger partial charge in [-0.3, -0.25) is 9.59 Å². The second-order valence-electron chi connectivity index (χ2n) is 7.38. The van der Waals surface area contributed by atoms with Crippen LogP contribution in [0.5, 0.6) is 0 Å². The lowest BCUT2D eigenvalue weighted by Gasteiger charge is -2.30. The predicted octanol–water partition coefficient (Wildman–Crippen LogP) is 2.67. The van der Waals surface area contributed by atoms with E-state index in [2.05, 4.69) is 20.5 Å². The van der Waals surface area contributed by atoms with Crippen molar-refractivity contribution in [1.29, 1.82) is 0 Å². The van der Waals surface area contributed by atoms with Crippen molar-refractivity contribution >= 4 is 23.2 Å². The van der Waals surface area contributed by atoms with Gasteiger partial charge in [-0.25, -0.2) is 4.68 Å². The molecule has 3 N–H and O–H groups in total. The zero-order valence-electron chi connectivity index (χ0n) is 16.6. The van der Waals surface area contributed by atoms with Crippen molar-refractivity contribution in [2.45, 2.75) is 25.8 Å². The molecular weight excluding hydrogens is 380 g/mol. The molecule has 1 saturated heterocycles. The van der Waals surface area contributed by atoms with E-state index in [-0.39, 0.29) is 11.6 Å². The summed E-state index contributed by atoms with van der Waals surface area (Å²) in [6.07, 6.45) is 5.00. The molecule has 0 atom stereocenters. The number of hydrogen-bond donors (Lipinski definition) is 2. The molecule has 3 aromatic rings. The van der Waals surface area contributed by atoms with Crippen LogP contribution in [0.1, 0.15) is 45.7 Å². The molecule has 2 heterocycles. The first-order valence-electron chi connectivity index (χ1n) is 10.0. The normalized spacial score (nSPS) is 13.8. The number of carbonyl (C=O) groups is 2. The number of amides is 2. The summed E-state index contributed by atoms with van der Waals surface area (Å²) in [5, 5.41) is 10.9. The summed E-state index contributed by atoms with van der Waals surface area (Å²) in [6, 6.07) is 15.0. The maximum absolute atomic E-state index is 12.8. The van der Waals surface area contributed by atoms with E-state index < -0.39 is 5.91 Å². The van der Waals surface area contributed by atoms with Gasteiger partial charge < -0.3 is 16.0 Å². The van der Waals surface area contributed by atoms with Crippen LogP contribution in [0.25, 0.3) is 0 Å². The summed E-state index contributed by atoms with van der Waals surface area (Å²) in [5.74, 6) is -0.918. The summed E-state index contributed by atoms with van der Waals surface area (Å²) < 4.78 is 1.62. The standard InChI is InChI=1S/C22H24N6O2/c23-21(29)17-9-10-20(27-11-5-2-6-12-27)18(13-17)24-22(30)19-15-28(26-25-19)14-16-7-3-1-4-8-16/h1,3-4,7-10,13,15H,2,5-6,11-12,14H2,(H2,23,29)(H,24,30). The van der Waals surface area contributed by atoms with E-state index in [4.69, 9.17) is 5.73 Å². The third-order valence-electron chi connectivity index (χ3n) is 5.18. The molecule has 0 saturated carbocycles. The molecule has 8 nitrogen and oxygen atoms in total. The van der Waals surface area contributed by atoms with E-state index in [0.29, 0.717) is 17.8 Å². The lowest BCUT2D eigenvalue weighted by molar-refractivity contribution is 0.0995. The monoisotopic (exact) mass is 404 g/mol. The zero-order valence-corrected chi connectivity index (χ0v) is 16.6. The van der Waals surface area contributed by atoms with Crippen molar-refractivity contribution in [2.24, 2.45) is 5.73 Å². The number of rotatable bonds is 6. The molecule has 0 aliphatic carbocycles. The van der Waals surface area contributed by atoms with E-state index in [1.807, 2.05) is 36.4 Å². The van der Waals surface area contributed by atoms with Crippen LogP contribution in [0.15, 0.2) is 54.7 Å². The molecule has 1 aliphatic heterocycles. The van der Waals surface area contributed by atoms with Crippen LogP contribution in [-0.4, -0.2) is 39.9 Å². The Bertz CT molecular complexity index is 1040. The minimum absolute atomic E-state index is 0.208. The Morgan fingerprint density at radius 1 is 1.03 bits per heavy atom. The fourth-order valence-electron chi connectivity index (χ4n) is 3.64. The molecule has 8 heteroatoms. The van der Waals surface area contributed by atoms with Gasteiger partial charge in [0.25, 0.3) is 5.91 Å². The fraction of sp³-hybridized carbons (Fsp3) is 0.273. The van der Waals surface area contributed by atoms with Crippen LogP contribution in [0.4, 0.5) is 11.4 Å². The summed E-state index contributed by atoms with van der Waals surface area (Å²) in [5.41, 5.74) is 8.49. The Kier molecular flexibility index (Phi) is 5.74. The Morgan fingerprint density at radius 3 is 2.53 bits per heavy atom. The number of carbonyl (C=O) groups excluding carboxylic acids is 2. The molecule has 2 aromatic carbocycles. The molecule has 0 bridgehead atoms. The molecule has 154 valence electrons. The van der Waals surface area contributed by atoms with Gasteiger partial charge in [0, 0.05) is 18.7 Å². The number of hydrogen-bond acceptors (Lipinski definition) is 5. The minimum atomic E-state index is -0.538. The van der Waals surface area contributed by atoms with Gasteiger partial charge in [0.1, 0.15) is 0 Å². The number of primary amides is 1. The van der Waals surface area contributed by atoms with Crippen molar-refractivity contribution in [3.05, 3.63) is 71.5 Å². The second kappa shape index (κ2) is 8.77. The lowest BCUT2D eigenvalue weighted by atomic mass is 10.1. The predicted molar refractivity (Wildman–Crippen MR) is 115 cm³/mol. The van der Waals surface area contributed by atoms with Crippen LogP contribution in [0, 0.1) is 0 Å². The molecule has 1 fully saturated rings. The van der Waals surface area contributed by atoms with Crippen LogP contribution in [0.2, 0.25) is 0 Å². The zero-order chi connectivity index (χ0) is 20.9. The van der Waals surface area contributed by atoms with Gasteiger partial charge in [0.15, 0.2) is 5.69 Å². The first-order chi connectivity index (χ1) is 14.6. The van der Waals surface area contributed by atoms with Gasteiger partial charge >= 0.3 is 0 Å². The molecule has 30 heavy (non-hydrogen) atoms. The van der Waals surface area contributed by atoms with Crippen molar-refractivity contribution in [3.63, 3.8) is 0 Å². The van der Waals surface area contributed by atoms with Crippen LogP contribution in [-0.2, 0) is 6.54 Å².